The lowest BCUT2D eigenvalue weighted by molar-refractivity contribution is -0.118. The molecule has 1 aromatic rings. The largest absolute Gasteiger partial charge is 0.315 e. The first kappa shape index (κ1) is 12.2. The van der Waals surface area contributed by atoms with Crippen LogP contribution in [0.15, 0.2) is 30.3 Å². The molecule has 82 valence electrons. The van der Waals surface area contributed by atoms with Gasteiger partial charge >= 0.3 is 0 Å². The molecule has 0 spiro atoms. The van der Waals surface area contributed by atoms with Crippen molar-refractivity contribution in [1.82, 2.24) is 0 Å². The molecule has 1 aromatic carbocycles. The zero-order valence-electron chi connectivity index (χ0n) is 9.27. The average molecular weight is 270 g/mol. The number of para-hydroxylation sites is 1. The minimum absolute atomic E-state index is 0.0937. The van der Waals surface area contributed by atoms with Gasteiger partial charge < -0.3 is 4.90 Å². The standard InChI is InChI=1S/C12H16BrNO/c1-9(2)11(13)12(15)14(3)10-7-5-4-6-8-10/h4-9,11H,1-3H3/t11-/m1/s1. The van der Waals surface area contributed by atoms with Crippen LogP contribution in [0.1, 0.15) is 13.8 Å². The molecule has 1 atom stereocenters. The molecule has 0 saturated carbocycles. The molecule has 0 N–H and O–H groups in total. The van der Waals surface area contributed by atoms with Gasteiger partial charge in [-0.1, -0.05) is 48.0 Å². The normalized spacial score (nSPS) is 12.6. The molecule has 0 radical (unpaired) electrons. The quantitative estimate of drug-likeness (QED) is 0.773. The summed E-state index contributed by atoms with van der Waals surface area (Å²) < 4.78 is 0. The van der Waals surface area contributed by atoms with Crippen molar-refractivity contribution in [2.75, 3.05) is 11.9 Å². The molecule has 0 aliphatic rings. The van der Waals surface area contributed by atoms with E-state index in [2.05, 4.69) is 15.9 Å². The Labute approximate surface area is 99.4 Å². The van der Waals surface area contributed by atoms with Crippen molar-refractivity contribution in [3.8, 4) is 0 Å². The van der Waals surface area contributed by atoms with Gasteiger partial charge in [0.2, 0.25) is 5.91 Å². The predicted molar refractivity (Wildman–Crippen MR) is 67.4 cm³/mol. The number of hydrogen-bond acceptors (Lipinski definition) is 1. The second-order valence-corrected chi connectivity index (χ2v) is 4.87. The summed E-state index contributed by atoms with van der Waals surface area (Å²) in [4.78, 5) is 13.5. The summed E-state index contributed by atoms with van der Waals surface area (Å²) in [6.07, 6.45) is 0. The molecule has 0 bridgehead atoms. The van der Waals surface area contributed by atoms with Crippen LogP contribution in [0.25, 0.3) is 0 Å². The maximum absolute atomic E-state index is 12.0. The second-order valence-electron chi connectivity index (χ2n) is 3.88. The molecule has 0 aliphatic carbocycles. The monoisotopic (exact) mass is 269 g/mol. The van der Waals surface area contributed by atoms with Gasteiger partial charge in [-0.15, -0.1) is 0 Å². The summed E-state index contributed by atoms with van der Waals surface area (Å²) in [5.74, 6) is 0.389. The van der Waals surface area contributed by atoms with E-state index in [1.165, 1.54) is 0 Å². The highest BCUT2D eigenvalue weighted by Gasteiger charge is 2.22. The van der Waals surface area contributed by atoms with Crippen molar-refractivity contribution < 1.29 is 4.79 Å². The van der Waals surface area contributed by atoms with Crippen LogP contribution in [-0.4, -0.2) is 17.8 Å². The van der Waals surface area contributed by atoms with Gasteiger partial charge in [0.15, 0.2) is 0 Å². The van der Waals surface area contributed by atoms with Crippen LogP contribution >= 0.6 is 15.9 Å². The summed E-state index contributed by atoms with van der Waals surface area (Å²) in [6.45, 7) is 4.05. The summed E-state index contributed by atoms with van der Waals surface area (Å²) in [5.41, 5.74) is 0.924. The Hall–Kier alpha value is -0.830. The number of alkyl halides is 1. The number of rotatable bonds is 3. The van der Waals surface area contributed by atoms with Crippen LogP contribution in [0.3, 0.4) is 0 Å². The number of amides is 1. The lowest BCUT2D eigenvalue weighted by Gasteiger charge is -2.22. The molecule has 2 nitrogen and oxygen atoms in total. The van der Waals surface area contributed by atoms with E-state index < -0.39 is 0 Å². The Morgan fingerprint density at radius 1 is 1.27 bits per heavy atom. The van der Waals surface area contributed by atoms with Gasteiger partial charge in [-0.3, -0.25) is 4.79 Å². The van der Waals surface area contributed by atoms with Crippen molar-refractivity contribution in [2.45, 2.75) is 18.7 Å². The van der Waals surface area contributed by atoms with E-state index in [0.29, 0.717) is 5.92 Å². The van der Waals surface area contributed by atoms with Crippen LogP contribution in [0.4, 0.5) is 5.69 Å². The molecule has 3 heteroatoms. The number of nitrogens with zero attached hydrogens (tertiary/aromatic N) is 1. The highest BCUT2D eigenvalue weighted by molar-refractivity contribution is 9.10. The average Bonchev–Trinajstić information content (AvgIpc) is 2.27. The van der Waals surface area contributed by atoms with Gasteiger partial charge in [0.1, 0.15) is 0 Å². The van der Waals surface area contributed by atoms with Crippen LogP contribution in [-0.2, 0) is 4.79 Å². The Morgan fingerprint density at radius 3 is 2.27 bits per heavy atom. The number of carbonyl (C=O) groups is 1. The van der Waals surface area contributed by atoms with Crippen LogP contribution in [0.2, 0.25) is 0 Å². The Kier molecular flexibility index (Phi) is 4.33. The van der Waals surface area contributed by atoms with E-state index in [4.69, 9.17) is 0 Å². The fourth-order valence-corrected chi connectivity index (χ4v) is 1.56. The second kappa shape index (κ2) is 5.31. The molecule has 0 heterocycles. The smallest absolute Gasteiger partial charge is 0.240 e. The van der Waals surface area contributed by atoms with Crippen molar-refractivity contribution in [3.63, 3.8) is 0 Å². The molecule has 0 unspecified atom stereocenters. The van der Waals surface area contributed by atoms with Gasteiger partial charge in [0.05, 0.1) is 4.83 Å². The maximum Gasteiger partial charge on any atom is 0.240 e. The zero-order valence-corrected chi connectivity index (χ0v) is 10.9. The number of benzene rings is 1. The SMILES string of the molecule is CC(C)[C@@H](Br)C(=O)N(C)c1ccccc1. The van der Waals surface area contributed by atoms with Gasteiger partial charge in [-0.05, 0) is 18.1 Å². The number of carbonyl (C=O) groups excluding carboxylic acids is 1. The third-order valence-electron chi connectivity index (χ3n) is 2.30. The van der Waals surface area contributed by atoms with Crippen LogP contribution in [0, 0.1) is 5.92 Å². The molecule has 0 aromatic heterocycles. The molecule has 0 aliphatic heterocycles. The van der Waals surface area contributed by atoms with E-state index in [1.54, 1.807) is 11.9 Å². The lowest BCUT2D eigenvalue weighted by atomic mass is 10.1. The first-order valence-corrected chi connectivity index (χ1v) is 5.92. The molecular formula is C12H16BrNO. The van der Waals surface area contributed by atoms with E-state index in [0.717, 1.165) is 5.69 Å². The minimum Gasteiger partial charge on any atom is -0.315 e. The molecular weight excluding hydrogens is 254 g/mol. The van der Waals surface area contributed by atoms with E-state index in [1.807, 2.05) is 44.2 Å². The molecule has 1 rings (SSSR count). The Balaban J connectivity index is 2.78. The van der Waals surface area contributed by atoms with Gasteiger partial charge in [0, 0.05) is 12.7 Å². The van der Waals surface area contributed by atoms with Crippen molar-refractivity contribution >= 4 is 27.5 Å². The van der Waals surface area contributed by atoms with E-state index in [-0.39, 0.29) is 10.7 Å². The predicted octanol–water partition coefficient (Wildman–Crippen LogP) is 3.07. The topological polar surface area (TPSA) is 20.3 Å². The molecule has 15 heavy (non-hydrogen) atoms. The zero-order chi connectivity index (χ0) is 11.4. The highest BCUT2D eigenvalue weighted by atomic mass is 79.9. The minimum atomic E-state index is -0.122. The van der Waals surface area contributed by atoms with Gasteiger partial charge in [-0.2, -0.15) is 0 Å². The summed E-state index contributed by atoms with van der Waals surface area (Å²) in [6, 6.07) is 9.65. The van der Waals surface area contributed by atoms with Crippen molar-refractivity contribution in [2.24, 2.45) is 5.92 Å². The highest BCUT2D eigenvalue weighted by Crippen LogP contribution is 2.19. The van der Waals surface area contributed by atoms with Gasteiger partial charge in [-0.25, -0.2) is 0 Å². The Morgan fingerprint density at radius 2 is 1.80 bits per heavy atom. The lowest BCUT2D eigenvalue weighted by Crippen LogP contribution is -2.35. The number of hydrogen-bond donors (Lipinski definition) is 0. The Bertz CT molecular complexity index is 324. The van der Waals surface area contributed by atoms with Crippen molar-refractivity contribution in [3.05, 3.63) is 30.3 Å². The number of anilines is 1. The van der Waals surface area contributed by atoms with E-state index in [9.17, 15) is 4.79 Å². The van der Waals surface area contributed by atoms with Crippen LogP contribution in [0.5, 0.6) is 0 Å². The first-order valence-electron chi connectivity index (χ1n) is 5.00. The molecule has 1 amide bonds. The summed E-state index contributed by atoms with van der Waals surface area (Å²) in [5, 5.41) is 0. The first-order chi connectivity index (χ1) is 7.04. The van der Waals surface area contributed by atoms with Crippen LogP contribution < -0.4 is 4.90 Å². The van der Waals surface area contributed by atoms with Gasteiger partial charge in [0.25, 0.3) is 0 Å². The third-order valence-corrected chi connectivity index (χ3v) is 3.74. The summed E-state index contributed by atoms with van der Waals surface area (Å²) >= 11 is 3.41. The molecule has 0 fully saturated rings. The fourth-order valence-electron chi connectivity index (χ4n) is 1.25. The summed E-state index contributed by atoms with van der Waals surface area (Å²) in [7, 11) is 1.80. The van der Waals surface area contributed by atoms with Crippen molar-refractivity contribution in [1.29, 1.82) is 0 Å². The fraction of sp³-hybridized carbons (Fsp3) is 0.417. The van der Waals surface area contributed by atoms with E-state index >= 15 is 0 Å². The molecule has 0 saturated heterocycles. The number of halogens is 1. The third kappa shape index (κ3) is 3.06. The maximum atomic E-state index is 12.0.